The molecule has 0 spiro atoms. The quantitative estimate of drug-likeness (QED) is 0.822. The highest BCUT2D eigenvalue weighted by atomic mass is 32.2. The molecule has 7 heteroatoms. The number of sulfonamides is 1. The minimum absolute atomic E-state index is 0.0317. The predicted molar refractivity (Wildman–Crippen MR) is 75.0 cm³/mol. The van der Waals surface area contributed by atoms with Crippen LogP contribution in [0.4, 0.5) is 5.69 Å². The lowest BCUT2D eigenvalue weighted by atomic mass is 9.85. The van der Waals surface area contributed by atoms with E-state index in [-0.39, 0.29) is 28.2 Å². The first-order valence-electron chi connectivity index (χ1n) is 6.39. The minimum atomic E-state index is -3.59. The maximum Gasteiger partial charge on any atom is 0.242 e. The minimum Gasteiger partial charge on any atom is -0.506 e. The Labute approximate surface area is 118 Å². The molecule has 2 rings (SSSR count). The lowest BCUT2D eigenvalue weighted by Crippen LogP contribution is -2.28. The number of hydrogen-bond acceptors (Lipinski definition) is 4. The van der Waals surface area contributed by atoms with Crippen LogP contribution in [0, 0.1) is 5.92 Å². The number of carbonyl (C=O) groups is 1. The Morgan fingerprint density at radius 2 is 2.00 bits per heavy atom. The van der Waals surface area contributed by atoms with Crippen molar-refractivity contribution in [1.82, 2.24) is 4.31 Å². The van der Waals surface area contributed by atoms with Crippen LogP contribution in [0.15, 0.2) is 23.1 Å². The van der Waals surface area contributed by atoms with Crippen molar-refractivity contribution >= 4 is 21.6 Å². The van der Waals surface area contributed by atoms with E-state index in [1.807, 2.05) is 0 Å². The maximum atomic E-state index is 12.0. The summed E-state index contributed by atoms with van der Waals surface area (Å²) < 4.78 is 25.1. The van der Waals surface area contributed by atoms with E-state index in [0.29, 0.717) is 0 Å². The molecule has 2 N–H and O–H groups in total. The number of benzene rings is 1. The van der Waals surface area contributed by atoms with Gasteiger partial charge in [0.15, 0.2) is 0 Å². The highest BCUT2D eigenvalue weighted by Crippen LogP contribution is 2.31. The van der Waals surface area contributed by atoms with E-state index in [4.69, 9.17) is 0 Å². The number of phenols is 1. The molecule has 0 saturated heterocycles. The first-order chi connectivity index (χ1) is 9.32. The average molecular weight is 298 g/mol. The van der Waals surface area contributed by atoms with Crippen molar-refractivity contribution in [2.24, 2.45) is 5.92 Å². The van der Waals surface area contributed by atoms with E-state index in [0.717, 1.165) is 23.6 Å². The van der Waals surface area contributed by atoms with Crippen LogP contribution < -0.4 is 5.32 Å². The lowest BCUT2D eigenvalue weighted by Gasteiger charge is -2.24. The van der Waals surface area contributed by atoms with Gasteiger partial charge >= 0.3 is 0 Å². The number of amides is 1. The average Bonchev–Trinajstić information content (AvgIpc) is 2.29. The first kappa shape index (κ1) is 14.8. The molecule has 6 nitrogen and oxygen atoms in total. The van der Waals surface area contributed by atoms with Crippen molar-refractivity contribution < 1.29 is 18.3 Å². The molecule has 0 heterocycles. The van der Waals surface area contributed by atoms with Gasteiger partial charge in [-0.1, -0.05) is 6.42 Å². The Balaban J connectivity index is 2.27. The van der Waals surface area contributed by atoms with Crippen molar-refractivity contribution in [3.05, 3.63) is 18.2 Å². The molecule has 0 unspecified atom stereocenters. The van der Waals surface area contributed by atoms with Gasteiger partial charge in [-0.05, 0) is 31.0 Å². The largest absolute Gasteiger partial charge is 0.506 e. The van der Waals surface area contributed by atoms with Crippen molar-refractivity contribution in [2.75, 3.05) is 19.4 Å². The molecule has 1 aromatic rings. The summed E-state index contributed by atoms with van der Waals surface area (Å²) in [5.74, 6) is -0.357. The monoisotopic (exact) mass is 298 g/mol. The highest BCUT2D eigenvalue weighted by Gasteiger charge is 2.26. The number of nitrogens with one attached hydrogen (secondary N) is 1. The van der Waals surface area contributed by atoms with E-state index < -0.39 is 10.0 Å². The zero-order valence-corrected chi connectivity index (χ0v) is 12.3. The fraction of sp³-hybridized carbons (Fsp3) is 0.462. The van der Waals surface area contributed by atoms with E-state index in [1.54, 1.807) is 0 Å². The van der Waals surface area contributed by atoms with E-state index in [9.17, 15) is 18.3 Å². The smallest absolute Gasteiger partial charge is 0.242 e. The molecule has 1 aliphatic rings. The van der Waals surface area contributed by atoms with Crippen LogP contribution in [0.5, 0.6) is 5.75 Å². The summed E-state index contributed by atoms with van der Waals surface area (Å²) in [7, 11) is -0.742. The number of anilines is 1. The lowest BCUT2D eigenvalue weighted by molar-refractivity contribution is -0.122. The third-order valence-electron chi connectivity index (χ3n) is 3.48. The number of phenolic OH excluding ortho intramolecular Hbond substituents is 1. The maximum absolute atomic E-state index is 12.0. The zero-order valence-electron chi connectivity index (χ0n) is 11.5. The van der Waals surface area contributed by atoms with E-state index in [2.05, 4.69) is 5.32 Å². The molecule has 0 atom stereocenters. The summed E-state index contributed by atoms with van der Waals surface area (Å²) in [6.45, 7) is 0. The van der Waals surface area contributed by atoms with Crippen molar-refractivity contribution in [2.45, 2.75) is 24.2 Å². The zero-order chi connectivity index (χ0) is 14.9. The predicted octanol–water partition coefficient (Wildman–Crippen LogP) is 1.38. The van der Waals surface area contributed by atoms with Gasteiger partial charge in [0.25, 0.3) is 0 Å². The van der Waals surface area contributed by atoms with Crippen LogP contribution in [0.1, 0.15) is 19.3 Å². The summed E-state index contributed by atoms with van der Waals surface area (Å²) in [5.41, 5.74) is 0.129. The van der Waals surface area contributed by atoms with Gasteiger partial charge < -0.3 is 10.4 Å². The molecule has 0 radical (unpaired) electrons. The Bertz CT molecular complexity index is 621. The molecule has 1 fully saturated rings. The Hall–Kier alpha value is -1.60. The molecule has 0 bridgehead atoms. The van der Waals surface area contributed by atoms with Crippen molar-refractivity contribution in [3.63, 3.8) is 0 Å². The molecule has 1 aromatic carbocycles. The van der Waals surface area contributed by atoms with Gasteiger partial charge in [-0.3, -0.25) is 4.79 Å². The number of hydrogen-bond donors (Lipinski definition) is 2. The topological polar surface area (TPSA) is 86.7 Å². The summed E-state index contributed by atoms with van der Waals surface area (Å²) in [6.07, 6.45) is 2.70. The van der Waals surface area contributed by atoms with Gasteiger partial charge in [0.05, 0.1) is 10.6 Å². The second-order valence-corrected chi connectivity index (χ2v) is 7.24. The van der Waals surface area contributed by atoms with Gasteiger partial charge in [-0.15, -0.1) is 0 Å². The van der Waals surface area contributed by atoms with Crippen LogP contribution in [0.3, 0.4) is 0 Å². The number of nitrogens with zero attached hydrogens (tertiary/aromatic N) is 1. The molecular weight excluding hydrogens is 280 g/mol. The van der Waals surface area contributed by atoms with Gasteiger partial charge in [0, 0.05) is 20.0 Å². The molecule has 0 aromatic heterocycles. The summed E-state index contributed by atoms with van der Waals surface area (Å²) in [6, 6.07) is 3.86. The van der Waals surface area contributed by atoms with Gasteiger partial charge in [-0.25, -0.2) is 12.7 Å². The molecule has 1 saturated carbocycles. The fourth-order valence-electron chi connectivity index (χ4n) is 1.89. The summed E-state index contributed by atoms with van der Waals surface area (Å²) >= 11 is 0. The van der Waals surface area contributed by atoms with Crippen molar-refractivity contribution in [1.29, 1.82) is 0 Å². The Morgan fingerprint density at radius 3 is 2.50 bits per heavy atom. The molecule has 1 aliphatic carbocycles. The summed E-state index contributed by atoms with van der Waals surface area (Å²) in [4.78, 5) is 11.9. The van der Waals surface area contributed by atoms with Crippen LogP contribution in [-0.4, -0.2) is 37.8 Å². The summed E-state index contributed by atoms with van der Waals surface area (Å²) in [5, 5.41) is 12.3. The fourth-order valence-corrected chi connectivity index (χ4v) is 2.82. The third kappa shape index (κ3) is 2.78. The van der Waals surface area contributed by atoms with Crippen molar-refractivity contribution in [3.8, 4) is 5.75 Å². The molecular formula is C13H18N2O4S. The normalized spacial score (nSPS) is 15.9. The van der Waals surface area contributed by atoms with Crippen LogP contribution in [0.2, 0.25) is 0 Å². The Kier molecular flexibility index (Phi) is 4.01. The van der Waals surface area contributed by atoms with Crippen LogP contribution >= 0.6 is 0 Å². The highest BCUT2D eigenvalue weighted by molar-refractivity contribution is 7.89. The SMILES string of the molecule is CN(C)S(=O)(=O)c1ccc(O)c(NC(=O)C2CCC2)c1. The first-order valence-corrected chi connectivity index (χ1v) is 7.83. The Morgan fingerprint density at radius 1 is 1.35 bits per heavy atom. The van der Waals surface area contributed by atoms with Gasteiger partial charge in [-0.2, -0.15) is 0 Å². The molecule has 0 aliphatic heterocycles. The van der Waals surface area contributed by atoms with Gasteiger partial charge in [0.1, 0.15) is 5.75 Å². The third-order valence-corrected chi connectivity index (χ3v) is 5.29. The van der Waals surface area contributed by atoms with Crippen LogP contribution in [-0.2, 0) is 14.8 Å². The number of carbonyl (C=O) groups excluding carboxylic acids is 1. The van der Waals surface area contributed by atoms with Crippen LogP contribution in [0.25, 0.3) is 0 Å². The second-order valence-electron chi connectivity index (χ2n) is 5.08. The van der Waals surface area contributed by atoms with E-state index in [1.165, 1.54) is 32.3 Å². The standard InChI is InChI=1S/C13H18N2O4S/c1-15(2)20(18,19)10-6-7-12(16)11(8-10)14-13(17)9-4-3-5-9/h6-9,16H,3-5H2,1-2H3,(H,14,17). The molecule has 1 amide bonds. The number of aromatic hydroxyl groups is 1. The van der Waals surface area contributed by atoms with Gasteiger partial charge in [0.2, 0.25) is 15.9 Å². The molecule has 20 heavy (non-hydrogen) atoms. The number of rotatable bonds is 4. The second kappa shape index (κ2) is 5.41. The van der Waals surface area contributed by atoms with E-state index >= 15 is 0 Å². The molecule has 110 valence electrons.